The Hall–Kier alpha value is -1.39. The van der Waals surface area contributed by atoms with Gasteiger partial charge in [-0.1, -0.05) is 141 Å². The minimum Gasteiger partial charge on any atom is -0.478 e. The Morgan fingerprint density at radius 3 is 1.38 bits per heavy atom. The summed E-state index contributed by atoms with van der Waals surface area (Å²) in [6, 6.07) is 7.32. The molecule has 0 spiro atoms. The van der Waals surface area contributed by atoms with E-state index in [4.69, 9.17) is 15.4 Å². The van der Waals surface area contributed by atoms with Crippen molar-refractivity contribution in [1.82, 2.24) is 0 Å². The average molecular weight is 476 g/mol. The molecule has 0 aromatic heterocycles. The van der Waals surface area contributed by atoms with E-state index >= 15 is 0 Å². The average Bonchev–Trinajstić information content (AvgIpc) is 2.85. The first-order valence-corrected chi connectivity index (χ1v) is 14.3. The molecule has 1 aromatic carbocycles. The highest BCUT2D eigenvalue weighted by Gasteiger charge is 2.03. The lowest BCUT2D eigenvalue weighted by atomic mass is 10.0. The van der Waals surface area contributed by atoms with Gasteiger partial charge in [-0.05, 0) is 24.1 Å². The van der Waals surface area contributed by atoms with E-state index in [1.807, 2.05) is 24.3 Å². The molecule has 0 atom stereocenters. The molecule has 196 valence electrons. The first-order chi connectivity index (χ1) is 16.8. The highest BCUT2D eigenvalue weighted by Crippen LogP contribution is 2.15. The van der Waals surface area contributed by atoms with E-state index in [1.165, 1.54) is 122 Å². The second kappa shape index (κ2) is 23.4. The zero-order chi connectivity index (χ0) is 24.5. The Morgan fingerprint density at radius 1 is 0.618 bits per heavy atom. The van der Waals surface area contributed by atoms with Crippen molar-refractivity contribution in [1.29, 1.82) is 5.41 Å². The molecule has 0 heterocycles. The van der Waals surface area contributed by atoms with Crippen molar-refractivity contribution in [3.63, 3.8) is 0 Å². The van der Waals surface area contributed by atoms with Gasteiger partial charge in [-0.3, -0.25) is 10.7 Å². The van der Waals surface area contributed by atoms with Gasteiger partial charge in [-0.15, -0.1) is 0 Å². The Morgan fingerprint density at radius 2 is 1.00 bits per heavy atom. The predicted octanol–water partition coefficient (Wildman–Crippen LogP) is 9.84. The molecule has 0 bridgehead atoms. The number of benzene rings is 1. The number of rotatable bonds is 24. The smallest absolute Gasteiger partial charge is 0.213 e. The van der Waals surface area contributed by atoms with Crippen molar-refractivity contribution >= 4 is 5.90 Å². The molecule has 0 aliphatic rings. The van der Waals surface area contributed by atoms with Crippen molar-refractivity contribution in [3.05, 3.63) is 35.4 Å². The Balaban J connectivity index is 1.77. The lowest BCUT2D eigenvalue weighted by Crippen LogP contribution is -2.06. The van der Waals surface area contributed by atoms with Gasteiger partial charge in [-0.25, -0.2) is 4.89 Å². The molecule has 4 nitrogen and oxygen atoms in total. The first kappa shape index (κ1) is 30.6. The number of ether oxygens (including phenoxy) is 1. The second-order valence-corrected chi connectivity index (χ2v) is 9.87. The summed E-state index contributed by atoms with van der Waals surface area (Å²) in [6.07, 6.45) is 27.6. The van der Waals surface area contributed by atoms with Gasteiger partial charge in [0.25, 0.3) is 0 Å². The molecule has 0 unspecified atom stereocenters. The van der Waals surface area contributed by atoms with Gasteiger partial charge < -0.3 is 4.74 Å². The number of unbranched alkanes of at least 4 members (excludes halogenated alkanes) is 19. The van der Waals surface area contributed by atoms with Crippen LogP contribution in [0.3, 0.4) is 0 Å². The molecule has 0 aliphatic heterocycles. The number of nitrogens with one attached hydrogen (secondary N) is 1. The van der Waals surface area contributed by atoms with Crippen LogP contribution in [-0.2, 0) is 16.2 Å². The molecule has 2 N–H and O–H groups in total. The zero-order valence-electron chi connectivity index (χ0n) is 22.1. The molecule has 0 saturated carbocycles. The van der Waals surface area contributed by atoms with Crippen LogP contribution in [0.4, 0.5) is 0 Å². The second-order valence-electron chi connectivity index (χ2n) is 9.87. The highest BCUT2D eigenvalue weighted by molar-refractivity contribution is 5.91. The van der Waals surface area contributed by atoms with E-state index in [2.05, 4.69) is 11.8 Å². The van der Waals surface area contributed by atoms with Crippen LogP contribution < -0.4 is 0 Å². The Labute approximate surface area is 210 Å². The van der Waals surface area contributed by atoms with Gasteiger partial charge in [0.2, 0.25) is 5.90 Å². The first-order valence-electron chi connectivity index (χ1n) is 14.3. The van der Waals surface area contributed by atoms with E-state index in [0.29, 0.717) is 6.61 Å². The Kier molecular flexibility index (Phi) is 21.0. The standard InChI is InChI=1S/C30H53NO3/c1-2-3-4-5-6-7-8-9-10-11-12-13-14-15-16-17-18-19-20-21-26-33-30(31)29-24-22-28(23-25-29)27-34-32/h22-25,31-32H,2-21,26-27H2,1H3. The normalized spacial score (nSPS) is 11.1. The van der Waals surface area contributed by atoms with Gasteiger partial charge in [-0.2, -0.15) is 0 Å². The van der Waals surface area contributed by atoms with E-state index in [1.54, 1.807) is 0 Å². The van der Waals surface area contributed by atoms with Gasteiger partial charge in [0.1, 0.15) is 6.61 Å². The fraction of sp³-hybridized carbons (Fsp3) is 0.767. The summed E-state index contributed by atoms with van der Waals surface area (Å²) >= 11 is 0. The lowest BCUT2D eigenvalue weighted by molar-refractivity contribution is -0.253. The fourth-order valence-corrected chi connectivity index (χ4v) is 4.44. The number of hydrogen-bond acceptors (Lipinski definition) is 4. The minimum absolute atomic E-state index is 0.161. The lowest BCUT2D eigenvalue weighted by Gasteiger charge is -2.08. The van der Waals surface area contributed by atoms with Crippen LogP contribution in [0.2, 0.25) is 0 Å². The molecule has 0 aliphatic carbocycles. The van der Waals surface area contributed by atoms with E-state index in [9.17, 15) is 0 Å². The predicted molar refractivity (Wildman–Crippen MR) is 145 cm³/mol. The van der Waals surface area contributed by atoms with Crippen LogP contribution >= 0.6 is 0 Å². The van der Waals surface area contributed by atoms with Gasteiger partial charge >= 0.3 is 0 Å². The number of hydrogen-bond donors (Lipinski definition) is 2. The topological polar surface area (TPSA) is 62.5 Å². The van der Waals surface area contributed by atoms with Crippen molar-refractivity contribution in [2.45, 2.75) is 142 Å². The summed E-state index contributed by atoms with van der Waals surface area (Å²) in [5.74, 6) is 0.217. The van der Waals surface area contributed by atoms with Crippen LogP contribution in [0.25, 0.3) is 0 Å². The van der Waals surface area contributed by atoms with E-state index < -0.39 is 0 Å². The molecule has 0 saturated heterocycles. The van der Waals surface area contributed by atoms with Crippen LogP contribution in [0.15, 0.2) is 24.3 Å². The SMILES string of the molecule is CCCCCCCCCCCCCCCCCCCCCCOC(=N)c1ccc(COO)cc1. The van der Waals surface area contributed by atoms with Crippen molar-refractivity contribution < 1.29 is 14.9 Å². The van der Waals surface area contributed by atoms with Crippen molar-refractivity contribution in [2.24, 2.45) is 0 Å². The minimum atomic E-state index is 0.161. The maximum atomic E-state index is 8.47. The summed E-state index contributed by atoms with van der Waals surface area (Å²) in [5, 5.41) is 16.5. The van der Waals surface area contributed by atoms with E-state index in [0.717, 1.165) is 17.5 Å². The third-order valence-electron chi connectivity index (χ3n) is 6.69. The third-order valence-corrected chi connectivity index (χ3v) is 6.69. The molecule has 4 heteroatoms. The fourth-order valence-electron chi connectivity index (χ4n) is 4.44. The summed E-state index contributed by atoms with van der Waals surface area (Å²) in [4.78, 5) is 4.12. The molecule has 0 fully saturated rings. The summed E-state index contributed by atoms with van der Waals surface area (Å²) in [5.41, 5.74) is 1.63. The molecule has 34 heavy (non-hydrogen) atoms. The maximum absolute atomic E-state index is 8.47. The molecule has 0 amide bonds. The van der Waals surface area contributed by atoms with Gasteiger partial charge in [0, 0.05) is 5.56 Å². The monoisotopic (exact) mass is 475 g/mol. The van der Waals surface area contributed by atoms with Crippen LogP contribution in [0, 0.1) is 5.41 Å². The molecule has 1 rings (SSSR count). The zero-order valence-corrected chi connectivity index (χ0v) is 22.1. The largest absolute Gasteiger partial charge is 0.478 e. The third kappa shape index (κ3) is 18.0. The van der Waals surface area contributed by atoms with Crippen molar-refractivity contribution in [3.8, 4) is 0 Å². The van der Waals surface area contributed by atoms with Gasteiger partial charge in [0.15, 0.2) is 0 Å². The van der Waals surface area contributed by atoms with Crippen LogP contribution in [0.1, 0.15) is 146 Å². The highest BCUT2D eigenvalue weighted by atomic mass is 17.1. The quantitative estimate of drug-likeness (QED) is 0.0514. The maximum Gasteiger partial charge on any atom is 0.213 e. The van der Waals surface area contributed by atoms with Gasteiger partial charge in [0.05, 0.1) is 6.61 Å². The molecular weight excluding hydrogens is 422 g/mol. The van der Waals surface area contributed by atoms with Crippen LogP contribution in [-0.4, -0.2) is 17.8 Å². The molecule has 0 radical (unpaired) electrons. The van der Waals surface area contributed by atoms with E-state index in [-0.39, 0.29) is 12.5 Å². The molecule has 1 aromatic rings. The summed E-state index contributed by atoms with van der Waals surface area (Å²) in [6.45, 7) is 3.06. The summed E-state index contributed by atoms with van der Waals surface area (Å²) < 4.78 is 5.57. The van der Waals surface area contributed by atoms with Crippen molar-refractivity contribution in [2.75, 3.05) is 6.61 Å². The Bertz CT molecular complexity index is 573. The van der Waals surface area contributed by atoms with Crippen LogP contribution in [0.5, 0.6) is 0 Å². The molecular formula is C30H53NO3. The summed E-state index contributed by atoms with van der Waals surface area (Å²) in [7, 11) is 0.